The smallest absolute Gasteiger partial charge is 0.255 e. The number of amides is 1. The third-order valence-electron chi connectivity index (χ3n) is 5.30. The summed E-state index contributed by atoms with van der Waals surface area (Å²) in [5.74, 6) is 0.463. The van der Waals surface area contributed by atoms with Crippen molar-refractivity contribution in [3.63, 3.8) is 0 Å². The number of benzene rings is 2. The van der Waals surface area contributed by atoms with Gasteiger partial charge in [-0.3, -0.25) is 4.79 Å². The van der Waals surface area contributed by atoms with E-state index in [1.165, 1.54) is 0 Å². The Balaban J connectivity index is 1.45. The molecule has 0 saturated heterocycles. The third-order valence-corrected chi connectivity index (χ3v) is 6.84. The molecule has 1 spiro atoms. The maximum absolute atomic E-state index is 12.5. The summed E-state index contributed by atoms with van der Waals surface area (Å²) in [4.78, 5) is 12.5. The lowest BCUT2D eigenvalue weighted by Crippen LogP contribution is -2.51. The number of nitrogens with one attached hydrogen (secondary N) is 2. The minimum absolute atomic E-state index is 0.130. The molecule has 0 radical (unpaired) electrons. The molecule has 27 heavy (non-hydrogen) atoms. The number of ether oxygens (including phenoxy) is 1. The number of para-hydroxylation sites is 1. The van der Waals surface area contributed by atoms with E-state index >= 15 is 0 Å². The number of rotatable bonds is 3. The number of carbonyl (C=O) groups is 1. The molecule has 0 atom stereocenters. The van der Waals surface area contributed by atoms with Crippen LogP contribution in [0.25, 0.3) is 0 Å². The Hall–Kier alpha value is -2.38. The second-order valence-electron chi connectivity index (χ2n) is 7.17. The largest absolute Gasteiger partial charge is 0.485 e. The van der Waals surface area contributed by atoms with Gasteiger partial charge in [-0.25, -0.2) is 13.1 Å². The summed E-state index contributed by atoms with van der Waals surface area (Å²) in [6.07, 6.45) is 2.65. The number of hydrogen-bond donors (Lipinski definition) is 2. The molecule has 1 aliphatic heterocycles. The van der Waals surface area contributed by atoms with E-state index < -0.39 is 15.6 Å². The molecule has 1 aliphatic carbocycles. The van der Waals surface area contributed by atoms with Gasteiger partial charge in [-0.2, -0.15) is 0 Å². The summed E-state index contributed by atoms with van der Waals surface area (Å²) in [6, 6.07) is 15.5. The third kappa shape index (κ3) is 3.70. The molecule has 2 aromatic carbocycles. The van der Waals surface area contributed by atoms with E-state index in [1.807, 2.05) is 18.2 Å². The van der Waals surface area contributed by atoms with E-state index in [1.54, 1.807) is 36.4 Å². The molecule has 0 bridgehead atoms. The van der Waals surface area contributed by atoms with Crippen LogP contribution in [0.4, 0.5) is 0 Å². The first kappa shape index (κ1) is 18.0. The minimum Gasteiger partial charge on any atom is -0.485 e. The van der Waals surface area contributed by atoms with Gasteiger partial charge in [-0.1, -0.05) is 30.3 Å². The Bertz CT molecular complexity index is 935. The van der Waals surface area contributed by atoms with Gasteiger partial charge < -0.3 is 10.1 Å². The minimum atomic E-state index is -3.53. The van der Waals surface area contributed by atoms with Crippen LogP contribution in [-0.4, -0.2) is 32.5 Å². The van der Waals surface area contributed by atoms with E-state index in [-0.39, 0.29) is 16.8 Å². The second kappa shape index (κ2) is 6.98. The Morgan fingerprint density at radius 1 is 1.00 bits per heavy atom. The molecule has 1 fully saturated rings. The molecule has 0 aromatic heterocycles. The van der Waals surface area contributed by atoms with Gasteiger partial charge in [0, 0.05) is 6.04 Å². The highest BCUT2D eigenvalue weighted by Crippen LogP contribution is 2.36. The zero-order valence-corrected chi connectivity index (χ0v) is 15.7. The van der Waals surface area contributed by atoms with Gasteiger partial charge in [0.15, 0.2) is 0 Å². The van der Waals surface area contributed by atoms with Gasteiger partial charge in [0.05, 0.1) is 17.0 Å². The van der Waals surface area contributed by atoms with Gasteiger partial charge in [0.2, 0.25) is 10.0 Å². The van der Waals surface area contributed by atoms with Gasteiger partial charge in [0.1, 0.15) is 11.4 Å². The van der Waals surface area contributed by atoms with Crippen LogP contribution in [0.1, 0.15) is 36.0 Å². The summed E-state index contributed by atoms with van der Waals surface area (Å²) >= 11 is 0. The molecule has 1 saturated carbocycles. The highest BCUT2D eigenvalue weighted by Gasteiger charge is 2.41. The van der Waals surface area contributed by atoms with Crippen molar-refractivity contribution in [2.45, 2.75) is 42.2 Å². The van der Waals surface area contributed by atoms with Crippen molar-refractivity contribution < 1.29 is 17.9 Å². The summed E-state index contributed by atoms with van der Waals surface area (Å²) in [5, 5.41) is 2.95. The Labute approximate surface area is 159 Å². The summed E-state index contributed by atoms with van der Waals surface area (Å²) in [7, 11) is -3.53. The quantitative estimate of drug-likeness (QED) is 0.849. The van der Waals surface area contributed by atoms with Gasteiger partial charge in [-0.05, 0) is 49.9 Å². The molecule has 2 aromatic rings. The van der Waals surface area contributed by atoms with Crippen LogP contribution in [-0.2, 0) is 10.0 Å². The maximum Gasteiger partial charge on any atom is 0.255 e. The number of fused-ring (bicyclic) bond motifs is 1. The Kier molecular flexibility index (Phi) is 4.65. The second-order valence-corrected chi connectivity index (χ2v) is 8.89. The molecule has 2 aliphatic rings. The monoisotopic (exact) mass is 386 g/mol. The van der Waals surface area contributed by atoms with Crippen LogP contribution in [0.2, 0.25) is 0 Å². The zero-order chi connectivity index (χ0) is 18.9. The van der Waals surface area contributed by atoms with Crippen molar-refractivity contribution >= 4 is 15.9 Å². The molecule has 6 nitrogen and oxygen atoms in total. The van der Waals surface area contributed by atoms with Crippen molar-refractivity contribution in [3.05, 3.63) is 60.2 Å². The molecular formula is C20H22N2O4S. The number of carbonyl (C=O) groups excluding carboxylic acids is 1. The summed E-state index contributed by atoms with van der Waals surface area (Å²) in [5.41, 5.74) is 0.0537. The lowest BCUT2D eigenvalue weighted by molar-refractivity contribution is 0.0287. The van der Waals surface area contributed by atoms with Gasteiger partial charge in [-0.15, -0.1) is 0 Å². The van der Waals surface area contributed by atoms with E-state index in [4.69, 9.17) is 4.74 Å². The highest BCUT2D eigenvalue weighted by atomic mass is 32.2. The van der Waals surface area contributed by atoms with Crippen LogP contribution >= 0.6 is 0 Å². The normalized spacial score (nSPS) is 25.2. The molecule has 7 heteroatoms. The van der Waals surface area contributed by atoms with E-state index in [0.29, 0.717) is 43.5 Å². The molecule has 1 heterocycles. The number of sulfonamides is 1. The topological polar surface area (TPSA) is 84.5 Å². The van der Waals surface area contributed by atoms with Crippen molar-refractivity contribution in [1.82, 2.24) is 10.0 Å². The first-order valence-electron chi connectivity index (χ1n) is 9.11. The average molecular weight is 386 g/mol. The SMILES string of the molecule is O=C1NCC2(CCC(NS(=O)(=O)c3ccccc3)CC2)Oc2ccccc21. The van der Waals surface area contributed by atoms with Crippen LogP contribution in [0.5, 0.6) is 5.75 Å². The predicted octanol–water partition coefficient (Wildman–Crippen LogP) is 2.47. The summed E-state index contributed by atoms with van der Waals surface area (Å²) < 4.78 is 34.1. The van der Waals surface area contributed by atoms with Crippen molar-refractivity contribution in [2.75, 3.05) is 6.54 Å². The Morgan fingerprint density at radius 3 is 2.41 bits per heavy atom. The summed E-state index contributed by atoms with van der Waals surface area (Å²) in [6.45, 7) is 0.429. The van der Waals surface area contributed by atoms with E-state index in [0.717, 1.165) is 0 Å². The molecule has 2 N–H and O–H groups in total. The first-order valence-corrected chi connectivity index (χ1v) is 10.6. The average Bonchev–Trinajstić information content (AvgIpc) is 2.82. The first-order chi connectivity index (χ1) is 13.0. The fourth-order valence-corrected chi connectivity index (χ4v) is 5.10. The molecule has 142 valence electrons. The maximum atomic E-state index is 12.5. The van der Waals surface area contributed by atoms with Crippen molar-refractivity contribution in [3.8, 4) is 5.75 Å². The van der Waals surface area contributed by atoms with Gasteiger partial charge in [0.25, 0.3) is 5.91 Å². The van der Waals surface area contributed by atoms with Crippen LogP contribution in [0, 0.1) is 0 Å². The van der Waals surface area contributed by atoms with E-state index in [2.05, 4.69) is 10.0 Å². The molecule has 4 rings (SSSR count). The molecular weight excluding hydrogens is 364 g/mol. The van der Waals surface area contributed by atoms with Gasteiger partial charge >= 0.3 is 0 Å². The fourth-order valence-electron chi connectivity index (χ4n) is 3.78. The standard InChI is InChI=1S/C20H22N2O4S/c23-19-17-8-4-5-9-18(17)26-20(14-21-19)12-10-15(11-13-20)22-27(24,25)16-6-2-1-3-7-16/h1-9,15,22H,10-14H2,(H,21,23). The van der Waals surface area contributed by atoms with Crippen molar-refractivity contribution in [2.24, 2.45) is 0 Å². The fraction of sp³-hybridized carbons (Fsp3) is 0.350. The van der Waals surface area contributed by atoms with Crippen LogP contribution in [0.3, 0.4) is 0 Å². The molecule has 0 unspecified atom stereocenters. The van der Waals surface area contributed by atoms with Crippen LogP contribution in [0.15, 0.2) is 59.5 Å². The lowest BCUT2D eigenvalue weighted by atomic mass is 9.82. The number of hydrogen-bond acceptors (Lipinski definition) is 4. The van der Waals surface area contributed by atoms with E-state index in [9.17, 15) is 13.2 Å². The van der Waals surface area contributed by atoms with Crippen LogP contribution < -0.4 is 14.8 Å². The van der Waals surface area contributed by atoms with Crippen molar-refractivity contribution in [1.29, 1.82) is 0 Å². The lowest BCUT2D eigenvalue weighted by Gasteiger charge is -2.39. The Morgan fingerprint density at radius 2 is 1.67 bits per heavy atom. The predicted molar refractivity (Wildman–Crippen MR) is 101 cm³/mol. The molecule has 1 amide bonds. The zero-order valence-electron chi connectivity index (χ0n) is 14.9. The highest BCUT2D eigenvalue weighted by molar-refractivity contribution is 7.89.